The minimum Gasteiger partial charge on any atom is -0.445 e. The van der Waals surface area contributed by atoms with Crippen LogP contribution in [0.15, 0.2) is 23.5 Å². The van der Waals surface area contributed by atoms with Gasteiger partial charge in [-0.2, -0.15) is 0 Å². The molecule has 0 saturated heterocycles. The topological polar surface area (TPSA) is 52.6 Å². The molecule has 2 saturated carbocycles. The van der Waals surface area contributed by atoms with E-state index in [-0.39, 0.29) is 17.4 Å². The maximum atomic E-state index is 12.0. The zero-order chi connectivity index (χ0) is 21.5. The Morgan fingerprint density at radius 2 is 1.97 bits per heavy atom. The summed E-state index contributed by atoms with van der Waals surface area (Å²) in [6.07, 6.45) is 12.2. The highest BCUT2D eigenvalue weighted by Crippen LogP contribution is 2.66. The number of ether oxygens (including phenoxy) is 2. The molecule has 4 aliphatic carbocycles. The second-order valence-electron chi connectivity index (χ2n) is 9.45. The number of rotatable bonds is 3. The van der Waals surface area contributed by atoms with E-state index in [4.69, 9.17) is 21.1 Å². The molecule has 0 N–H and O–H groups in total. The van der Waals surface area contributed by atoms with E-state index in [9.17, 15) is 9.59 Å². The van der Waals surface area contributed by atoms with Crippen molar-refractivity contribution in [3.05, 3.63) is 23.5 Å². The van der Waals surface area contributed by atoms with E-state index in [1.165, 1.54) is 19.4 Å². The predicted molar refractivity (Wildman–Crippen MR) is 115 cm³/mol. The Labute approximate surface area is 184 Å². The van der Waals surface area contributed by atoms with Crippen LogP contribution in [-0.4, -0.2) is 17.5 Å². The summed E-state index contributed by atoms with van der Waals surface area (Å²) in [5, 5.41) is 2.57. The van der Waals surface area contributed by atoms with E-state index in [0.717, 1.165) is 57.1 Å². The molecule has 5 heteroatoms. The van der Waals surface area contributed by atoms with Gasteiger partial charge in [0.15, 0.2) is 5.60 Å². The summed E-state index contributed by atoms with van der Waals surface area (Å²) >= 11 is 5.88. The van der Waals surface area contributed by atoms with Crippen molar-refractivity contribution in [3.8, 4) is 11.3 Å². The molecule has 0 spiro atoms. The summed E-state index contributed by atoms with van der Waals surface area (Å²) in [6, 6.07) is 0. The maximum Gasteiger partial charge on any atom is 0.307 e. The molecule has 0 aromatic rings. The van der Waals surface area contributed by atoms with Gasteiger partial charge in [-0.25, -0.2) is 0 Å². The molecule has 0 aromatic heterocycles. The van der Waals surface area contributed by atoms with Crippen molar-refractivity contribution >= 4 is 23.5 Å². The minimum atomic E-state index is -0.760. The van der Waals surface area contributed by atoms with Gasteiger partial charge in [-0.15, -0.1) is 0 Å². The smallest absolute Gasteiger partial charge is 0.307 e. The molecular weight excluding hydrogens is 400 g/mol. The molecule has 6 atom stereocenters. The van der Waals surface area contributed by atoms with Crippen LogP contribution in [0.1, 0.15) is 72.1 Å². The number of carbonyl (C=O) groups excluding carboxylic acids is 2. The number of hydrogen-bond donors (Lipinski definition) is 0. The minimum absolute atomic E-state index is 0.125. The molecule has 0 aliphatic heterocycles. The van der Waals surface area contributed by atoms with Gasteiger partial charge in [0.1, 0.15) is 5.76 Å². The standard InChI is InChI=1S/C25H31ClO4/c1-4-24-11-9-21-20-8-6-19(29-16(2)27)15-18(20)5-7-22(21)23(24)10-12-25(24,13-14-26)30-17(3)28/h5,15,20-23H,4,6-12H2,1-3H3/t20-,21+,22+,23-,24-,25+/m0/s1. The molecule has 0 unspecified atom stereocenters. The molecule has 0 aromatic carbocycles. The highest BCUT2D eigenvalue weighted by Gasteiger charge is 2.65. The van der Waals surface area contributed by atoms with Crippen LogP contribution < -0.4 is 0 Å². The molecule has 0 heterocycles. The predicted octanol–water partition coefficient (Wildman–Crippen LogP) is 5.51. The number of allylic oxidation sites excluding steroid dienone is 4. The molecule has 4 nitrogen and oxygen atoms in total. The second kappa shape index (κ2) is 8.08. The van der Waals surface area contributed by atoms with Gasteiger partial charge in [0.2, 0.25) is 0 Å². The van der Waals surface area contributed by atoms with Crippen LogP contribution in [0.5, 0.6) is 0 Å². The third-order valence-electron chi connectivity index (χ3n) is 8.38. The molecule has 0 bridgehead atoms. The lowest BCUT2D eigenvalue weighted by atomic mass is 9.50. The normalized spacial score (nSPS) is 39.2. The highest BCUT2D eigenvalue weighted by atomic mass is 35.5. The van der Waals surface area contributed by atoms with Crippen molar-refractivity contribution in [2.45, 2.75) is 77.7 Å². The van der Waals surface area contributed by atoms with Crippen LogP contribution >= 0.6 is 11.6 Å². The first kappa shape index (κ1) is 21.5. The molecule has 30 heavy (non-hydrogen) atoms. The fraction of sp³-hybridized carbons (Fsp3) is 0.680. The first-order chi connectivity index (χ1) is 14.4. The lowest BCUT2D eigenvalue weighted by Gasteiger charge is -2.55. The van der Waals surface area contributed by atoms with Crippen LogP contribution in [0.2, 0.25) is 0 Å². The summed E-state index contributed by atoms with van der Waals surface area (Å²) in [6.45, 7) is 5.15. The Morgan fingerprint density at radius 3 is 2.63 bits per heavy atom. The third kappa shape index (κ3) is 3.30. The molecule has 0 amide bonds. The highest BCUT2D eigenvalue weighted by molar-refractivity contribution is 6.30. The van der Waals surface area contributed by atoms with Gasteiger partial charge in [-0.3, -0.25) is 9.59 Å². The fourth-order valence-electron chi connectivity index (χ4n) is 7.42. The molecular formula is C25H31ClO4. The Morgan fingerprint density at radius 1 is 1.17 bits per heavy atom. The van der Waals surface area contributed by atoms with E-state index in [0.29, 0.717) is 23.7 Å². The van der Waals surface area contributed by atoms with Crippen LogP contribution in [0, 0.1) is 40.4 Å². The fourth-order valence-corrected chi connectivity index (χ4v) is 7.57. The number of hydrogen-bond acceptors (Lipinski definition) is 4. The molecule has 4 rings (SSSR count). The second-order valence-corrected chi connectivity index (χ2v) is 9.64. The summed E-state index contributed by atoms with van der Waals surface area (Å²) < 4.78 is 11.3. The Hall–Kier alpha value is -1.73. The lowest BCUT2D eigenvalue weighted by Crippen LogP contribution is -2.54. The van der Waals surface area contributed by atoms with Gasteiger partial charge in [0, 0.05) is 31.1 Å². The van der Waals surface area contributed by atoms with Gasteiger partial charge in [0.25, 0.3) is 0 Å². The summed E-state index contributed by atoms with van der Waals surface area (Å²) in [4.78, 5) is 23.4. The van der Waals surface area contributed by atoms with E-state index in [1.54, 1.807) is 0 Å². The number of fused-ring (bicyclic) bond motifs is 5. The summed E-state index contributed by atoms with van der Waals surface area (Å²) in [5.74, 6) is 5.65. The van der Waals surface area contributed by atoms with Crippen LogP contribution in [0.3, 0.4) is 0 Å². The average Bonchev–Trinajstić information content (AvgIpc) is 3.01. The van der Waals surface area contributed by atoms with Crippen LogP contribution in [0.4, 0.5) is 0 Å². The van der Waals surface area contributed by atoms with Crippen molar-refractivity contribution in [3.63, 3.8) is 0 Å². The number of esters is 2. The van der Waals surface area contributed by atoms with E-state index >= 15 is 0 Å². The zero-order valence-electron chi connectivity index (χ0n) is 18.1. The van der Waals surface area contributed by atoms with Crippen molar-refractivity contribution in [1.29, 1.82) is 0 Å². The summed E-state index contributed by atoms with van der Waals surface area (Å²) in [5.41, 5.74) is 0.456. The van der Waals surface area contributed by atoms with Crippen molar-refractivity contribution < 1.29 is 19.1 Å². The van der Waals surface area contributed by atoms with E-state index < -0.39 is 5.60 Å². The van der Waals surface area contributed by atoms with Crippen LogP contribution in [0.25, 0.3) is 0 Å². The SMILES string of the molecule is CC[C@]12CC[C@H]3[C@@H](CC=C4C=C(OC(C)=O)CC[C@@H]43)[C@@H]1CC[C@]2(C#CCl)OC(C)=O. The van der Waals surface area contributed by atoms with Crippen molar-refractivity contribution in [2.75, 3.05) is 0 Å². The zero-order valence-corrected chi connectivity index (χ0v) is 18.9. The first-order valence-electron chi connectivity index (χ1n) is 11.3. The monoisotopic (exact) mass is 430 g/mol. The van der Waals surface area contributed by atoms with Crippen molar-refractivity contribution in [2.24, 2.45) is 29.1 Å². The maximum absolute atomic E-state index is 12.0. The average molecular weight is 431 g/mol. The van der Waals surface area contributed by atoms with Gasteiger partial charge in [-0.05, 0) is 97.8 Å². The molecule has 162 valence electrons. The van der Waals surface area contributed by atoms with E-state index in [2.05, 4.69) is 30.4 Å². The third-order valence-corrected chi connectivity index (χ3v) is 8.48. The Balaban J connectivity index is 1.65. The van der Waals surface area contributed by atoms with Gasteiger partial charge >= 0.3 is 11.9 Å². The Bertz CT molecular complexity index is 862. The van der Waals surface area contributed by atoms with Gasteiger partial charge < -0.3 is 9.47 Å². The number of carbonyl (C=O) groups is 2. The Kier molecular flexibility index (Phi) is 5.79. The lowest BCUT2D eigenvalue weighted by molar-refractivity contribution is -0.170. The van der Waals surface area contributed by atoms with Crippen molar-refractivity contribution in [1.82, 2.24) is 0 Å². The summed E-state index contributed by atoms with van der Waals surface area (Å²) in [7, 11) is 0. The quantitative estimate of drug-likeness (QED) is 0.437. The molecule has 4 aliphatic rings. The molecule has 0 radical (unpaired) electrons. The van der Waals surface area contributed by atoms with E-state index in [1.807, 2.05) is 0 Å². The number of halogens is 1. The van der Waals surface area contributed by atoms with Gasteiger partial charge in [-0.1, -0.05) is 13.0 Å². The molecule has 2 fully saturated rings. The largest absolute Gasteiger partial charge is 0.445 e. The first-order valence-corrected chi connectivity index (χ1v) is 11.6. The van der Waals surface area contributed by atoms with Gasteiger partial charge in [0.05, 0.1) is 0 Å². The van der Waals surface area contributed by atoms with Crippen LogP contribution in [-0.2, 0) is 19.1 Å².